The highest BCUT2D eigenvalue weighted by Crippen LogP contribution is 2.22. The van der Waals surface area contributed by atoms with Crippen LogP contribution in [0, 0.1) is 5.92 Å². The smallest absolute Gasteiger partial charge is 0.289 e. The summed E-state index contributed by atoms with van der Waals surface area (Å²) in [5.74, 6) is 0.456. The maximum atomic E-state index is 12.8. The van der Waals surface area contributed by atoms with Gasteiger partial charge in [0.05, 0.1) is 6.26 Å². The van der Waals surface area contributed by atoms with Crippen LogP contribution in [0.1, 0.15) is 35.9 Å². The molecule has 0 saturated carbocycles. The summed E-state index contributed by atoms with van der Waals surface area (Å²) in [4.78, 5) is 28.8. The number of nitrogens with zero attached hydrogens (tertiary/aromatic N) is 2. The number of benzene rings is 1. The van der Waals surface area contributed by atoms with Crippen LogP contribution in [0.4, 0.5) is 0 Å². The molecule has 2 heterocycles. The third kappa shape index (κ3) is 4.10. The molecule has 1 fully saturated rings. The molecule has 1 aliphatic heterocycles. The van der Waals surface area contributed by atoms with Gasteiger partial charge in [0, 0.05) is 32.1 Å². The van der Waals surface area contributed by atoms with Gasteiger partial charge in [0.1, 0.15) is 0 Å². The molecule has 0 aliphatic carbocycles. The van der Waals surface area contributed by atoms with Crippen LogP contribution in [-0.4, -0.2) is 41.2 Å². The molecule has 1 aromatic heterocycles. The molecule has 0 spiro atoms. The Morgan fingerprint density at radius 1 is 1.12 bits per heavy atom. The molecular weight excluding hydrogens is 316 g/mol. The van der Waals surface area contributed by atoms with Gasteiger partial charge in [0.25, 0.3) is 5.91 Å². The summed E-state index contributed by atoms with van der Waals surface area (Å²) in [5, 5.41) is 0. The van der Waals surface area contributed by atoms with Gasteiger partial charge >= 0.3 is 0 Å². The minimum Gasteiger partial charge on any atom is -0.459 e. The molecule has 2 aromatic rings. The second-order valence-electron chi connectivity index (χ2n) is 6.38. The zero-order chi connectivity index (χ0) is 17.6. The Kier molecular flexibility index (Phi) is 5.53. The van der Waals surface area contributed by atoms with Crippen LogP contribution in [0.3, 0.4) is 0 Å². The molecule has 0 unspecified atom stereocenters. The van der Waals surface area contributed by atoms with Crippen LogP contribution in [0.5, 0.6) is 0 Å². The molecule has 1 aliphatic rings. The van der Waals surface area contributed by atoms with Gasteiger partial charge in [-0.1, -0.05) is 30.3 Å². The Morgan fingerprint density at radius 2 is 1.84 bits per heavy atom. The average Bonchev–Trinajstić information content (AvgIpc) is 3.21. The van der Waals surface area contributed by atoms with E-state index in [1.807, 2.05) is 42.2 Å². The fraction of sp³-hybridized carbons (Fsp3) is 0.400. The number of furan rings is 1. The number of carbonyl (C=O) groups excluding carboxylic acids is 2. The Hall–Kier alpha value is -2.56. The standard InChI is InChI=1S/C20H24N2O3/c1-2-21(15-16-7-4-3-5-8-16)19(23)17-10-12-22(13-11-17)20(24)18-9-6-14-25-18/h3-9,14,17H,2,10-13,15H2,1H3. The quantitative estimate of drug-likeness (QED) is 0.840. The summed E-state index contributed by atoms with van der Waals surface area (Å²) in [7, 11) is 0. The van der Waals surface area contributed by atoms with Gasteiger partial charge in [-0.3, -0.25) is 9.59 Å². The molecule has 0 atom stereocenters. The fourth-order valence-corrected chi connectivity index (χ4v) is 3.29. The van der Waals surface area contributed by atoms with Crippen molar-refractivity contribution in [3.8, 4) is 0 Å². The zero-order valence-electron chi connectivity index (χ0n) is 14.6. The summed E-state index contributed by atoms with van der Waals surface area (Å²) in [6.45, 7) is 4.54. The highest BCUT2D eigenvalue weighted by molar-refractivity contribution is 5.91. The van der Waals surface area contributed by atoms with Gasteiger partial charge in [-0.15, -0.1) is 0 Å². The fourth-order valence-electron chi connectivity index (χ4n) is 3.29. The number of amides is 2. The molecule has 5 heteroatoms. The highest BCUT2D eigenvalue weighted by atomic mass is 16.3. The SMILES string of the molecule is CCN(Cc1ccccc1)C(=O)C1CCN(C(=O)c2ccco2)CC1. The molecule has 1 saturated heterocycles. The summed E-state index contributed by atoms with van der Waals surface area (Å²) < 4.78 is 5.18. The van der Waals surface area contributed by atoms with Crippen molar-refractivity contribution in [1.82, 2.24) is 9.80 Å². The first-order chi connectivity index (χ1) is 12.2. The number of hydrogen-bond acceptors (Lipinski definition) is 3. The van der Waals surface area contributed by atoms with E-state index in [1.54, 1.807) is 17.0 Å². The number of piperidine rings is 1. The largest absolute Gasteiger partial charge is 0.459 e. The van der Waals surface area contributed by atoms with Crippen molar-refractivity contribution >= 4 is 11.8 Å². The second kappa shape index (κ2) is 8.01. The molecule has 132 valence electrons. The van der Waals surface area contributed by atoms with Crippen LogP contribution in [0.2, 0.25) is 0 Å². The van der Waals surface area contributed by atoms with Crippen molar-refractivity contribution in [2.45, 2.75) is 26.3 Å². The zero-order valence-corrected chi connectivity index (χ0v) is 14.6. The minimum atomic E-state index is -0.0902. The Balaban J connectivity index is 1.56. The lowest BCUT2D eigenvalue weighted by atomic mass is 9.94. The third-order valence-corrected chi connectivity index (χ3v) is 4.77. The van der Waals surface area contributed by atoms with E-state index in [2.05, 4.69) is 0 Å². The molecule has 0 N–H and O–H groups in total. The molecular formula is C20H24N2O3. The average molecular weight is 340 g/mol. The monoisotopic (exact) mass is 340 g/mol. The van der Waals surface area contributed by atoms with Crippen molar-refractivity contribution in [2.24, 2.45) is 5.92 Å². The van der Waals surface area contributed by atoms with E-state index in [9.17, 15) is 9.59 Å². The second-order valence-corrected chi connectivity index (χ2v) is 6.38. The maximum Gasteiger partial charge on any atom is 0.289 e. The maximum absolute atomic E-state index is 12.8. The topological polar surface area (TPSA) is 53.8 Å². The molecule has 0 radical (unpaired) electrons. The van der Waals surface area contributed by atoms with Crippen molar-refractivity contribution in [2.75, 3.05) is 19.6 Å². The normalized spacial score (nSPS) is 15.2. The molecule has 5 nitrogen and oxygen atoms in total. The molecule has 2 amide bonds. The van der Waals surface area contributed by atoms with Gasteiger partial charge < -0.3 is 14.2 Å². The van der Waals surface area contributed by atoms with Crippen LogP contribution in [0.25, 0.3) is 0 Å². The van der Waals surface area contributed by atoms with Gasteiger partial charge in [0.2, 0.25) is 5.91 Å². The molecule has 25 heavy (non-hydrogen) atoms. The Labute approximate surface area is 148 Å². The third-order valence-electron chi connectivity index (χ3n) is 4.77. The van der Waals surface area contributed by atoms with Gasteiger partial charge in [0.15, 0.2) is 5.76 Å². The summed E-state index contributed by atoms with van der Waals surface area (Å²) >= 11 is 0. The lowest BCUT2D eigenvalue weighted by Gasteiger charge is -2.33. The molecule has 3 rings (SSSR count). The van der Waals surface area contributed by atoms with Crippen molar-refractivity contribution in [1.29, 1.82) is 0 Å². The predicted molar refractivity (Wildman–Crippen MR) is 94.9 cm³/mol. The van der Waals surface area contributed by atoms with Crippen LogP contribution < -0.4 is 0 Å². The number of rotatable bonds is 5. The van der Waals surface area contributed by atoms with E-state index < -0.39 is 0 Å². The molecule has 1 aromatic carbocycles. The lowest BCUT2D eigenvalue weighted by molar-refractivity contribution is -0.137. The Bertz CT molecular complexity index is 689. The van der Waals surface area contributed by atoms with Crippen LogP contribution in [0.15, 0.2) is 53.1 Å². The minimum absolute atomic E-state index is 0.00990. The van der Waals surface area contributed by atoms with Gasteiger partial charge in [-0.2, -0.15) is 0 Å². The van der Waals surface area contributed by atoms with E-state index in [4.69, 9.17) is 4.42 Å². The van der Waals surface area contributed by atoms with Gasteiger partial charge in [-0.25, -0.2) is 0 Å². The van der Waals surface area contributed by atoms with E-state index in [-0.39, 0.29) is 17.7 Å². The first-order valence-electron chi connectivity index (χ1n) is 8.84. The van der Waals surface area contributed by atoms with E-state index in [0.29, 0.717) is 44.8 Å². The number of hydrogen-bond donors (Lipinski definition) is 0. The van der Waals surface area contributed by atoms with E-state index in [1.165, 1.54) is 6.26 Å². The van der Waals surface area contributed by atoms with Crippen molar-refractivity contribution in [3.05, 3.63) is 60.1 Å². The molecule has 0 bridgehead atoms. The summed E-state index contributed by atoms with van der Waals surface area (Å²) in [6, 6.07) is 13.4. The first-order valence-corrected chi connectivity index (χ1v) is 8.84. The first kappa shape index (κ1) is 17.3. The Morgan fingerprint density at radius 3 is 2.44 bits per heavy atom. The lowest BCUT2D eigenvalue weighted by Crippen LogP contribution is -2.44. The van der Waals surface area contributed by atoms with Crippen molar-refractivity contribution < 1.29 is 14.0 Å². The summed E-state index contributed by atoms with van der Waals surface area (Å²) in [5.41, 5.74) is 1.14. The predicted octanol–water partition coefficient (Wildman–Crippen LogP) is 3.18. The van der Waals surface area contributed by atoms with Crippen LogP contribution >= 0.6 is 0 Å². The summed E-state index contributed by atoms with van der Waals surface area (Å²) in [6.07, 6.45) is 2.92. The van der Waals surface area contributed by atoms with Crippen LogP contribution in [-0.2, 0) is 11.3 Å². The highest BCUT2D eigenvalue weighted by Gasteiger charge is 2.30. The number of likely N-dealkylation sites (tertiary alicyclic amines) is 1. The van der Waals surface area contributed by atoms with E-state index >= 15 is 0 Å². The number of carbonyl (C=O) groups is 2. The van der Waals surface area contributed by atoms with E-state index in [0.717, 1.165) is 5.56 Å². The van der Waals surface area contributed by atoms with Gasteiger partial charge in [-0.05, 0) is 37.5 Å². The van der Waals surface area contributed by atoms with Crippen molar-refractivity contribution in [3.63, 3.8) is 0 Å².